The van der Waals surface area contributed by atoms with Crippen LogP contribution in [0.1, 0.15) is 48.7 Å². The second-order valence-corrected chi connectivity index (χ2v) is 7.27. The summed E-state index contributed by atoms with van der Waals surface area (Å²) in [6.45, 7) is 10.3. The summed E-state index contributed by atoms with van der Waals surface area (Å²) in [5.41, 5.74) is 7.09. The number of allylic oxidation sites excluding steroid dienone is 3. The predicted octanol–water partition coefficient (Wildman–Crippen LogP) is 3.14. The molecule has 3 N–H and O–H groups in total. The minimum atomic E-state index is -2.81. The molecule has 0 saturated carbocycles. The van der Waals surface area contributed by atoms with Gasteiger partial charge in [0.1, 0.15) is 0 Å². The number of nitrogens with two attached hydrogens (primary N) is 1. The zero-order valence-corrected chi connectivity index (χ0v) is 18.3. The van der Waals surface area contributed by atoms with Gasteiger partial charge in [-0.1, -0.05) is 31.4 Å². The number of hydrogen-bond donors (Lipinski definition) is 2. The summed E-state index contributed by atoms with van der Waals surface area (Å²) in [4.78, 5) is 25.4. The summed E-state index contributed by atoms with van der Waals surface area (Å²) in [5, 5.41) is 6.93. The third-order valence-corrected chi connectivity index (χ3v) is 4.77. The Balaban J connectivity index is 0.00000110. The van der Waals surface area contributed by atoms with Crippen LogP contribution in [-0.2, 0) is 4.79 Å². The highest BCUT2D eigenvalue weighted by atomic mass is 19.3. The Morgan fingerprint density at radius 1 is 1.35 bits per heavy atom. The molecule has 172 valence electrons. The van der Waals surface area contributed by atoms with E-state index in [2.05, 4.69) is 23.6 Å². The molecule has 1 unspecified atom stereocenters. The van der Waals surface area contributed by atoms with Gasteiger partial charge in [-0.15, -0.1) is 0 Å². The molecule has 0 aliphatic carbocycles. The van der Waals surface area contributed by atoms with Crippen LogP contribution in [0.5, 0.6) is 0 Å². The van der Waals surface area contributed by atoms with E-state index in [9.17, 15) is 18.4 Å². The Labute approximate surface area is 182 Å². The Kier molecular flexibility index (Phi) is 10.8. The lowest BCUT2D eigenvalue weighted by Crippen LogP contribution is -2.43. The van der Waals surface area contributed by atoms with Crippen molar-refractivity contribution in [1.29, 1.82) is 0 Å². The van der Waals surface area contributed by atoms with Crippen LogP contribution in [0, 0.1) is 6.92 Å². The average molecular weight is 438 g/mol. The fourth-order valence-electron chi connectivity index (χ4n) is 3.01. The monoisotopic (exact) mass is 437 g/mol. The predicted molar refractivity (Wildman–Crippen MR) is 119 cm³/mol. The van der Waals surface area contributed by atoms with Crippen LogP contribution in [-0.4, -0.2) is 58.1 Å². The topological polar surface area (TPSA) is 93.2 Å². The molecule has 1 atom stereocenters. The molecule has 0 bridgehead atoms. The van der Waals surface area contributed by atoms with E-state index in [-0.39, 0.29) is 18.9 Å². The fraction of sp³-hybridized carbons (Fsp3) is 0.500. The van der Waals surface area contributed by atoms with Gasteiger partial charge < -0.3 is 16.0 Å². The molecule has 1 aliphatic rings. The van der Waals surface area contributed by atoms with Crippen LogP contribution < -0.4 is 11.1 Å². The number of amides is 2. The average Bonchev–Trinajstić information content (AvgIpc) is 3.29. The van der Waals surface area contributed by atoms with Gasteiger partial charge in [-0.2, -0.15) is 5.10 Å². The molecule has 1 fully saturated rings. The van der Waals surface area contributed by atoms with Crippen molar-refractivity contribution in [3.63, 3.8) is 0 Å². The number of carbonyl (C=O) groups excluding carboxylic acids is 2. The summed E-state index contributed by atoms with van der Waals surface area (Å²) in [7, 11) is 0. The van der Waals surface area contributed by atoms with Crippen molar-refractivity contribution in [2.75, 3.05) is 19.6 Å². The molecule has 1 saturated heterocycles. The van der Waals surface area contributed by atoms with E-state index in [0.29, 0.717) is 31.4 Å². The van der Waals surface area contributed by atoms with Gasteiger partial charge >= 0.3 is 0 Å². The normalized spacial score (nSPS) is 15.8. The van der Waals surface area contributed by atoms with Crippen molar-refractivity contribution in [2.45, 2.75) is 51.5 Å². The molecule has 7 nitrogen and oxygen atoms in total. The fourth-order valence-corrected chi connectivity index (χ4v) is 3.01. The molecule has 1 aromatic rings. The summed E-state index contributed by atoms with van der Waals surface area (Å²) in [6, 6.07) is -0.782. The maximum Gasteiger partial charge on any atom is 0.267 e. The van der Waals surface area contributed by atoms with Crippen LogP contribution in [0.25, 0.3) is 6.20 Å². The summed E-state index contributed by atoms with van der Waals surface area (Å²) in [6.07, 6.45) is 9.75. The maximum atomic E-state index is 13.2. The van der Waals surface area contributed by atoms with E-state index in [1.807, 2.05) is 19.9 Å². The van der Waals surface area contributed by atoms with Gasteiger partial charge in [0, 0.05) is 25.7 Å². The largest absolute Gasteiger partial charge is 0.352 e. The highest BCUT2D eigenvalue weighted by Gasteiger charge is 2.41. The van der Waals surface area contributed by atoms with Crippen LogP contribution in [0.15, 0.2) is 37.6 Å². The lowest BCUT2D eigenvalue weighted by molar-refractivity contribution is -0.133. The van der Waals surface area contributed by atoms with E-state index < -0.39 is 24.4 Å². The second kappa shape index (κ2) is 12.8. The number of carbonyl (C=O) groups is 2. The summed E-state index contributed by atoms with van der Waals surface area (Å²) >= 11 is 0. The van der Waals surface area contributed by atoms with Crippen molar-refractivity contribution < 1.29 is 18.4 Å². The first-order chi connectivity index (χ1) is 14.7. The van der Waals surface area contributed by atoms with Crippen LogP contribution >= 0.6 is 0 Å². The molecule has 2 heterocycles. The molecule has 0 radical (unpaired) electrons. The molecule has 9 heteroatoms. The summed E-state index contributed by atoms with van der Waals surface area (Å²) in [5.74, 6) is -3.44. The molecule has 1 aromatic heterocycles. The van der Waals surface area contributed by atoms with Gasteiger partial charge in [-0.3, -0.25) is 9.59 Å². The molecule has 1 aliphatic heterocycles. The number of nitrogens with zero attached hydrogens (tertiary/aromatic N) is 3. The first-order valence-corrected chi connectivity index (χ1v) is 10.3. The lowest BCUT2D eigenvalue weighted by atomic mass is 10.1. The second-order valence-electron chi connectivity index (χ2n) is 7.27. The molecular formula is C22H33F2N5O2. The Bertz CT molecular complexity index is 783. The first kappa shape index (κ1) is 26.2. The molecule has 31 heavy (non-hydrogen) atoms. The number of nitrogens with one attached hydrogen (secondary N) is 1. The number of aromatic nitrogens is 2. The van der Waals surface area contributed by atoms with Crippen LogP contribution in [0.4, 0.5) is 8.78 Å². The third-order valence-electron chi connectivity index (χ3n) is 4.77. The van der Waals surface area contributed by atoms with E-state index in [1.54, 1.807) is 23.0 Å². The highest BCUT2D eigenvalue weighted by molar-refractivity contribution is 5.95. The van der Waals surface area contributed by atoms with Crippen molar-refractivity contribution in [1.82, 2.24) is 20.0 Å². The quantitative estimate of drug-likeness (QED) is 0.459. The van der Waals surface area contributed by atoms with Gasteiger partial charge in [0.05, 0.1) is 30.0 Å². The smallest absolute Gasteiger partial charge is 0.267 e. The van der Waals surface area contributed by atoms with E-state index in [4.69, 9.17) is 5.73 Å². The van der Waals surface area contributed by atoms with Crippen molar-refractivity contribution in [3.8, 4) is 0 Å². The van der Waals surface area contributed by atoms with Gasteiger partial charge in [-0.05, 0) is 33.1 Å². The van der Waals surface area contributed by atoms with Gasteiger partial charge in [0.25, 0.3) is 11.8 Å². The van der Waals surface area contributed by atoms with E-state index >= 15 is 0 Å². The standard InChI is InChI=1S/C18H27F2N5O2.C4H6/c1-3-9-25-13(2)14(11-23-25)16(26)22-8-5-4-6-15(21)17(27)24-10-7-18(19,20)12-24;1-3-4-2/h3,9,11,15H,4-8,10,12,21H2,1-2H3,(H,22,26);3-4H,1-2H2/b9-3+;. The molecule has 2 rings (SSSR count). The number of alkyl halides is 2. The Morgan fingerprint density at radius 3 is 2.58 bits per heavy atom. The minimum absolute atomic E-state index is 0.0514. The third kappa shape index (κ3) is 8.45. The van der Waals surface area contributed by atoms with Crippen LogP contribution in [0.3, 0.4) is 0 Å². The molecule has 2 amide bonds. The van der Waals surface area contributed by atoms with Crippen LogP contribution in [0.2, 0.25) is 0 Å². The van der Waals surface area contributed by atoms with Gasteiger partial charge in [-0.25, -0.2) is 13.5 Å². The first-order valence-electron chi connectivity index (χ1n) is 10.3. The zero-order chi connectivity index (χ0) is 23.4. The molecular weight excluding hydrogens is 404 g/mol. The van der Waals surface area contributed by atoms with Crippen molar-refractivity contribution in [3.05, 3.63) is 48.8 Å². The van der Waals surface area contributed by atoms with E-state index in [1.165, 1.54) is 6.20 Å². The van der Waals surface area contributed by atoms with Crippen molar-refractivity contribution in [2.24, 2.45) is 5.73 Å². The summed E-state index contributed by atoms with van der Waals surface area (Å²) < 4.78 is 28.0. The molecule has 0 aromatic carbocycles. The SMILES string of the molecule is C/C=C/n1ncc(C(=O)NCCCCC(N)C(=O)N2CCC(F)(F)C2)c1C.C=CC=C. The highest BCUT2D eigenvalue weighted by Crippen LogP contribution is 2.27. The Morgan fingerprint density at radius 2 is 2.03 bits per heavy atom. The lowest BCUT2D eigenvalue weighted by Gasteiger charge is -2.20. The number of halogens is 2. The maximum absolute atomic E-state index is 13.2. The van der Waals surface area contributed by atoms with Gasteiger partial charge in [0.2, 0.25) is 5.91 Å². The number of likely N-dealkylation sites (tertiary alicyclic amines) is 1. The Hall–Kier alpha value is -2.81. The minimum Gasteiger partial charge on any atom is -0.352 e. The number of rotatable bonds is 9. The zero-order valence-electron chi connectivity index (χ0n) is 18.3. The number of hydrogen-bond acceptors (Lipinski definition) is 4. The van der Waals surface area contributed by atoms with E-state index in [0.717, 1.165) is 10.6 Å². The van der Waals surface area contributed by atoms with Crippen molar-refractivity contribution >= 4 is 18.0 Å². The molecule has 0 spiro atoms. The number of unbranched alkanes of at least 4 members (excludes halogenated alkanes) is 1. The van der Waals surface area contributed by atoms with Gasteiger partial charge in [0.15, 0.2) is 0 Å².